The normalized spacial score (nSPS) is 11.4. The molecule has 0 atom stereocenters. The molecule has 220 valence electrons. The zero-order chi connectivity index (χ0) is 31.2. The first kappa shape index (κ1) is 27.2. The average molecular weight is 598 g/mol. The van der Waals surface area contributed by atoms with E-state index in [0.717, 1.165) is 17.1 Å². The lowest BCUT2D eigenvalue weighted by Crippen LogP contribution is -2.12. The van der Waals surface area contributed by atoms with E-state index in [2.05, 4.69) is 193 Å². The van der Waals surface area contributed by atoms with Crippen molar-refractivity contribution in [3.8, 4) is 22.3 Å². The van der Waals surface area contributed by atoms with Gasteiger partial charge >= 0.3 is 0 Å². The maximum atomic E-state index is 2.45. The molecule has 0 aliphatic carbocycles. The van der Waals surface area contributed by atoms with Crippen LogP contribution < -0.4 is 4.90 Å². The fraction of sp³-hybridized carbons (Fsp3) is 0. The molecule has 0 heterocycles. The number of hydrogen-bond acceptors (Lipinski definition) is 1. The minimum Gasteiger partial charge on any atom is -0.309 e. The van der Waals surface area contributed by atoms with Gasteiger partial charge in [-0.15, -0.1) is 0 Å². The third kappa shape index (κ3) is 4.72. The van der Waals surface area contributed by atoms with E-state index in [1.165, 1.54) is 65.3 Å². The molecule has 0 bridgehead atoms. The lowest BCUT2D eigenvalue weighted by atomic mass is 9.94. The Kier molecular flexibility index (Phi) is 6.54. The Hall–Kier alpha value is -6.18. The van der Waals surface area contributed by atoms with Crippen molar-refractivity contribution in [1.82, 2.24) is 0 Å². The number of nitrogens with zero attached hydrogens (tertiary/aromatic N) is 1. The Labute approximate surface area is 274 Å². The molecule has 0 aliphatic heterocycles. The largest absolute Gasteiger partial charge is 0.309 e. The van der Waals surface area contributed by atoms with Gasteiger partial charge in [0, 0.05) is 16.6 Å². The van der Waals surface area contributed by atoms with Crippen LogP contribution in [-0.4, -0.2) is 0 Å². The van der Waals surface area contributed by atoms with E-state index in [1.807, 2.05) is 0 Å². The third-order valence-electron chi connectivity index (χ3n) is 9.42. The summed E-state index contributed by atoms with van der Waals surface area (Å²) in [6, 6.07) is 68.3. The Morgan fingerprint density at radius 2 is 0.894 bits per heavy atom. The maximum Gasteiger partial charge on any atom is 0.0546 e. The SMILES string of the molecule is c1ccc(-c2ccc(N(c3ccccc3-c3ccc4ccccc4c3)c3cccc4ccc5c6ccccc6ccc5c34)cc2)cc1. The smallest absolute Gasteiger partial charge is 0.0546 e. The molecule has 0 saturated carbocycles. The summed E-state index contributed by atoms with van der Waals surface area (Å²) in [7, 11) is 0. The maximum absolute atomic E-state index is 2.45. The Morgan fingerprint density at radius 3 is 1.77 bits per heavy atom. The number of benzene rings is 9. The monoisotopic (exact) mass is 597 g/mol. The summed E-state index contributed by atoms with van der Waals surface area (Å²) < 4.78 is 0. The summed E-state index contributed by atoms with van der Waals surface area (Å²) >= 11 is 0. The van der Waals surface area contributed by atoms with Crippen molar-refractivity contribution >= 4 is 60.2 Å². The molecule has 0 amide bonds. The molecule has 0 saturated heterocycles. The number of anilines is 3. The molecule has 0 aromatic heterocycles. The van der Waals surface area contributed by atoms with Crippen LogP contribution in [0, 0.1) is 0 Å². The van der Waals surface area contributed by atoms with E-state index >= 15 is 0 Å². The molecule has 9 aromatic carbocycles. The fourth-order valence-electron chi connectivity index (χ4n) is 7.15. The highest BCUT2D eigenvalue weighted by Crippen LogP contribution is 2.46. The fourth-order valence-corrected chi connectivity index (χ4v) is 7.15. The summed E-state index contributed by atoms with van der Waals surface area (Å²) in [5.41, 5.74) is 8.21. The molecule has 0 N–H and O–H groups in total. The van der Waals surface area contributed by atoms with Crippen molar-refractivity contribution in [3.05, 3.63) is 188 Å². The summed E-state index contributed by atoms with van der Waals surface area (Å²) in [6.45, 7) is 0. The minimum atomic E-state index is 1.11. The van der Waals surface area contributed by atoms with Crippen LogP contribution in [0.25, 0.3) is 65.3 Å². The summed E-state index contributed by atoms with van der Waals surface area (Å²) in [6.07, 6.45) is 0. The van der Waals surface area contributed by atoms with Gasteiger partial charge < -0.3 is 4.90 Å². The van der Waals surface area contributed by atoms with Crippen LogP contribution in [0.4, 0.5) is 17.1 Å². The van der Waals surface area contributed by atoms with E-state index in [9.17, 15) is 0 Å². The van der Waals surface area contributed by atoms with Crippen LogP contribution in [0.3, 0.4) is 0 Å². The predicted molar refractivity (Wildman–Crippen MR) is 202 cm³/mol. The number of hydrogen-bond donors (Lipinski definition) is 0. The van der Waals surface area contributed by atoms with Crippen molar-refractivity contribution in [2.24, 2.45) is 0 Å². The van der Waals surface area contributed by atoms with E-state index in [-0.39, 0.29) is 0 Å². The number of fused-ring (bicyclic) bond motifs is 6. The van der Waals surface area contributed by atoms with Crippen LogP contribution in [0.5, 0.6) is 0 Å². The molecule has 9 rings (SSSR count). The quantitative estimate of drug-likeness (QED) is 0.178. The molecule has 0 fully saturated rings. The lowest BCUT2D eigenvalue weighted by molar-refractivity contribution is 1.30. The van der Waals surface area contributed by atoms with Crippen molar-refractivity contribution in [2.75, 3.05) is 4.90 Å². The summed E-state index contributed by atoms with van der Waals surface area (Å²) in [5.74, 6) is 0. The van der Waals surface area contributed by atoms with Crippen molar-refractivity contribution in [1.29, 1.82) is 0 Å². The van der Waals surface area contributed by atoms with Gasteiger partial charge in [0.1, 0.15) is 0 Å². The second-order valence-electron chi connectivity index (χ2n) is 12.2. The van der Waals surface area contributed by atoms with Crippen LogP contribution in [0.15, 0.2) is 188 Å². The van der Waals surface area contributed by atoms with Gasteiger partial charge in [0.25, 0.3) is 0 Å². The highest BCUT2D eigenvalue weighted by atomic mass is 15.1. The zero-order valence-electron chi connectivity index (χ0n) is 25.8. The van der Waals surface area contributed by atoms with E-state index in [1.54, 1.807) is 0 Å². The third-order valence-corrected chi connectivity index (χ3v) is 9.42. The predicted octanol–water partition coefficient (Wildman–Crippen LogP) is 13.1. The van der Waals surface area contributed by atoms with Gasteiger partial charge in [-0.1, -0.05) is 158 Å². The number of para-hydroxylation sites is 1. The Bertz CT molecular complexity index is 2560. The molecule has 0 unspecified atom stereocenters. The second kappa shape index (κ2) is 11.3. The van der Waals surface area contributed by atoms with Crippen molar-refractivity contribution in [2.45, 2.75) is 0 Å². The first-order valence-corrected chi connectivity index (χ1v) is 16.2. The van der Waals surface area contributed by atoms with Gasteiger partial charge in [-0.2, -0.15) is 0 Å². The minimum absolute atomic E-state index is 1.11. The van der Waals surface area contributed by atoms with Crippen molar-refractivity contribution < 1.29 is 0 Å². The molecule has 47 heavy (non-hydrogen) atoms. The van der Waals surface area contributed by atoms with Gasteiger partial charge in [-0.05, 0) is 84.7 Å². The van der Waals surface area contributed by atoms with Gasteiger partial charge in [0.15, 0.2) is 0 Å². The van der Waals surface area contributed by atoms with Crippen LogP contribution >= 0.6 is 0 Å². The molecular weight excluding hydrogens is 567 g/mol. The summed E-state index contributed by atoms with van der Waals surface area (Å²) in [5, 5.41) is 10.0. The van der Waals surface area contributed by atoms with Crippen molar-refractivity contribution in [3.63, 3.8) is 0 Å². The van der Waals surface area contributed by atoms with Gasteiger partial charge in [-0.3, -0.25) is 0 Å². The molecule has 1 heteroatoms. The first-order valence-electron chi connectivity index (χ1n) is 16.2. The highest BCUT2D eigenvalue weighted by molar-refractivity contribution is 6.21. The van der Waals surface area contributed by atoms with Gasteiger partial charge in [0.05, 0.1) is 11.4 Å². The molecule has 1 nitrogen and oxygen atoms in total. The van der Waals surface area contributed by atoms with E-state index in [0.29, 0.717) is 0 Å². The lowest BCUT2D eigenvalue weighted by Gasteiger charge is -2.29. The molecule has 9 aromatic rings. The number of rotatable bonds is 5. The molecule has 0 radical (unpaired) electrons. The molecule has 0 aliphatic rings. The van der Waals surface area contributed by atoms with E-state index < -0.39 is 0 Å². The summed E-state index contributed by atoms with van der Waals surface area (Å²) in [4.78, 5) is 2.45. The van der Waals surface area contributed by atoms with Crippen LogP contribution in [0.2, 0.25) is 0 Å². The topological polar surface area (TPSA) is 3.24 Å². The highest BCUT2D eigenvalue weighted by Gasteiger charge is 2.21. The Balaban J connectivity index is 1.32. The molecule has 0 spiro atoms. The van der Waals surface area contributed by atoms with Gasteiger partial charge in [-0.25, -0.2) is 0 Å². The van der Waals surface area contributed by atoms with Gasteiger partial charge in [0.2, 0.25) is 0 Å². The van der Waals surface area contributed by atoms with Crippen LogP contribution in [0.1, 0.15) is 0 Å². The molecular formula is C46H31N. The Morgan fingerprint density at radius 1 is 0.298 bits per heavy atom. The van der Waals surface area contributed by atoms with Crippen LogP contribution in [-0.2, 0) is 0 Å². The second-order valence-corrected chi connectivity index (χ2v) is 12.2. The average Bonchev–Trinajstić information content (AvgIpc) is 3.15. The van der Waals surface area contributed by atoms with E-state index in [4.69, 9.17) is 0 Å². The first-order chi connectivity index (χ1) is 23.3. The standard InChI is InChI=1S/C46H31N/c1-2-11-32(12-3-1)34-23-27-39(28-24-34)47(44-19-9-8-18-41(44)38-22-21-33-13-4-5-15-37(33)31-38)45-20-10-16-36-26-29-42-40-17-7-6-14-35(40)25-30-43(42)46(36)45/h1-31H. The zero-order valence-corrected chi connectivity index (χ0v) is 25.8.